The minimum absolute atomic E-state index is 0.140. The average Bonchev–Trinajstić information content (AvgIpc) is 3.21. The maximum Gasteiger partial charge on any atom is 0.312 e. The van der Waals surface area contributed by atoms with Crippen molar-refractivity contribution in [2.24, 2.45) is 0 Å². The monoisotopic (exact) mass is 470 g/mol. The first-order chi connectivity index (χ1) is 16.9. The van der Waals surface area contributed by atoms with Gasteiger partial charge in [0.15, 0.2) is 5.76 Å². The molecule has 3 aromatic carbocycles. The van der Waals surface area contributed by atoms with Crippen molar-refractivity contribution < 1.29 is 28.5 Å². The van der Waals surface area contributed by atoms with Gasteiger partial charge in [-0.2, -0.15) is 0 Å². The maximum absolute atomic E-state index is 12.8. The van der Waals surface area contributed by atoms with E-state index in [-0.39, 0.29) is 24.1 Å². The standard InChI is InChI=1S/C29H26O6/c1-17(2)28-27(31)22-12-13-24-26(29(22)35-28)23(16-25(30)34-24)19-6-10-21(11-7-19)33-15-14-18-4-8-20(32-3)9-5-18/h4-13,23H,14-16H2,1-3H3/t23-/m0/s1. The van der Waals surface area contributed by atoms with Crippen molar-refractivity contribution in [3.05, 3.63) is 94.2 Å². The van der Waals surface area contributed by atoms with Gasteiger partial charge in [-0.15, -0.1) is 0 Å². The third-order valence-corrected chi connectivity index (χ3v) is 6.31. The summed E-state index contributed by atoms with van der Waals surface area (Å²) in [4.78, 5) is 25.2. The number of esters is 1. The molecule has 5 rings (SSSR count). The van der Waals surface area contributed by atoms with Gasteiger partial charge in [0, 0.05) is 17.9 Å². The maximum atomic E-state index is 12.8. The summed E-state index contributed by atoms with van der Waals surface area (Å²) in [6.45, 7) is 4.23. The molecular formula is C29H26O6. The fourth-order valence-electron chi connectivity index (χ4n) is 4.48. The predicted octanol–water partition coefficient (Wildman–Crippen LogP) is 5.63. The Bertz CT molecular complexity index is 1310. The van der Waals surface area contributed by atoms with E-state index in [4.69, 9.17) is 18.9 Å². The number of Topliss-reactive ketones (excluding diaryl/α,β-unsaturated/α-hetero) is 1. The van der Waals surface area contributed by atoms with E-state index in [1.807, 2.05) is 62.4 Å². The molecule has 2 aliphatic heterocycles. The van der Waals surface area contributed by atoms with Crippen LogP contribution in [0.3, 0.4) is 0 Å². The zero-order valence-corrected chi connectivity index (χ0v) is 19.9. The van der Waals surface area contributed by atoms with Crippen molar-refractivity contribution in [1.82, 2.24) is 0 Å². The van der Waals surface area contributed by atoms with Gasteiger partial charge in [0.2, 0.25) is 5.78 Å². The molecular weight excluding hydrogens is 444 g/mol. The molecule has 0 fully saturated rings. The fourth-order valence-corrected chi connectivity index (χ4v) is 4.48. The molecule has 0 saturated heterocycles. The summed E-state index contributed by atoms with van der Waals surface area (Å²) in [7, 11) is 1.65. The average molecular weight is 471 g/mol. The molecule has 1 atom stereocenters. The molecule has 0 aliphatic carbocycles. The molecule has 2 heterocycles. The number of ketones is 1. The molecule has 0 unspecified atom stereocenters. The summed E-state index contributed by atoms with van der Waals surface area (Å²) in [5.41, 5.74) is 4.14. The smallest absolute Gasteiger partial charge is 0.312 e. The molecule has 3 aromatic rings. The van der Waals surface area contributed by atoms with Crippen molar-refractivity contribution >= 4 is 11.8 Å². The number of allylic oxidation sites excluding steroid dienone is 2. The van der Waals surface area contributed by atoms with Crippen LogP contribution < -0.4 is 18.9 Å². The molecule has 0 bridgehead atoms. The topological polar surface area (TPSA) is 71.1 Å². The normalized spacial score (nSPS) is 16.2. The first-order valence-electron chi connectivity index (χ1n) is 11.6. The lowest BCUT2D eigenvalue weighted by atomic mass is 9.84. The van der Waals surface area contributed by atoms with Crippen molar-refractivity contribution in [1.29, 1.82) is 0 Å². The lowest BCUT2D eigenvalue weighted by Crippen LogP contribution is -2.21. The van der Waals surface area contributed by atoms with Crippen LogP contribution in [0.5, 0.6) is 23.0 Å². The van der Waals surface area contributed by atoms with E-state index >= 15 is 0 Å². The minimum atomic E-state index is -0.311. The molecule has 0 N–H and O–H groups in total. The Morgan fingerprint density at radius 1 is 0.914 bits per heavy atom. The van der Waals surface area contributed by atoms with Gasteiger partial charge >= 0.3 is 5.97 Å². The second-order valence-electron chi connectivity index (χ2n) is 8.86. The number of benzene rings is 3. The lowest BCUT2D eigenvalue weighted by Gasteiger charge is -2.26. The molecule has 0 spiro atoms. The van der Waals surface area contributed by atoms with Gasteiger partial charge in [0.25, 0.3) is 0 Å². The third kappa shape index (κ3) is 4.39. The number of hydrogen-bond acceptors (Lipinski definition) is 6. The summed E-state index contributed by atoms with van der Waals surface area (Å²) in [5, 5.41) is 0. The van der Waals surface area contributed by atoms with Gasteiger partial charge in [-0.25, -0.2) is 0 Å². The van der Waals surface area contributed by atoms with E-state index in [1.165, 1.54) is 5.56 Å². The van der Waals surface area contributed by atoms with Crippen LogP contribution in [0.4, 0.5) is 0 Å². The van der Waals surface area contributed by atoms with Gasteiger partial charge in [-0.1, -0.05) is 24.3 Å². The number of fused-ring (bicyclic) bond motifs is 3. The Balaban J connectivity index is 1.35. The SMILES string of the molecule is COc1ccc(CCOc2ccc([C@@H]3CC(=O)Oc4ccc5c(c43)OC(=C(C)C)C5=O)cc2)cc1. The van der Waals surface area contributed by atoms with Crippen LogP contribution >= 0.6 is 0 Å². The van der Waals surface area contributed by atoms with Crippen LogP contribution in [-0.4, -0.2) is 25.5 Å². The van der Waals surface area contributed by atoms with E-state index in [9.17, 15) is 9.59 Å². The Kier molecular flexibility index (Phi) is 6.03. The van der Waals surface area contributed by atoms with E-state index in [1.54, 1.807) is 19.2 Å². The Morgan fingerprint density at radius 2 is 1.63 bits per heavy atom. The summed E-state index contributed by atoms with van der Waals surface area (Å²) in [6, 6.07) is 19.0. The number of methoxy groups -OCH3 is 1. The number of ether oxygens (including phenoxy) is 4. The molecule has 0 radical (unpaired) electrons. The zero-order chi connectivity index (χ0) is 24.5. The van der Waals surface area contributed by atoms with E-state index in [0.29, 0.717) is 29.4 Å². The third-order valence-electron chi connectivity index (χ3n) is 6.31. The largest absolute Gasteiger partial charge is 0.497 e. The molecule has 0 aromatic heterocycles. The molecule has 6 heteroatoms. The summed E-state index contributed by atoms with van der Waals surface area (Å²) in [6.07, 6.45) is 0.945. The van der Waals surface area contributed by atoms with Gasteiger partial charge in [0.1, 0.15) is 23.0 Å². The van der Waals surface area contributed by atoms with Gasteiger partial charge < -0.3 is 18.9 Å². The van der Waals surface area contributed by atoms with Crippen LogP contribution in [0.2, 0.25) is 0 Å². The number of carbonyl (C=O) groups is 2. The zero-order valence-electron chi connectivity index (χ0n) is 19.9. The Labute approximate surface area is 204 Å². The van der Waals surface area contributed by atoms with Crippen molar-refractivity contribution in [3.63, 3.8) is 0 Å². The van der Waals surface area contributed by atoms with Crippen molar-refractivity contribution in [2.45, 2.75) is 32.6 Å². The molecule has 0 amide bonds. The first kappa shape index (κ1) is 22.7. The highest BCUT2D eigenvalue weighted by molar-refractivity contribution is 6.13. The second-order valence-corrected chi connectivity index (χ2v) is 8.86. The number of hydrogen-bond donors (Lipinski definition) is 0. The second kappa shape index (κ2) is 9.29. The first-order valence-corrected chi connectivity index (χ1v) is 11.6. The molecule has 0 saturated carbocycles. The van der Waals surface area contributed by atoms with Gasteiger partial charge in [-0.3, -0.25) is 9.59 Å². The fraction of sp³-hybridized carbons (Fsp3) is 0.241. The van der Waals surface area contributed by atoms with Crippen LogP contribution in [0.1, 0.15) is 53.2 Å². The Hall–Kier alpha value is -4.06. The molecule has 35 heavy (non-hydrogen) atoms. The Morgan fingerprint density at radius 3 is 2.31 bits per heavy atom. The summed E-state index contributed by atoms with van der Waals surface area (Å²) in [5.74, 6) is 2.11. The van der Waals surface area contributed by atoms with Crippen LogP contribution in [0.25, 0.3) is 0 Å². The number of carbonyl (C=O) groups excluding carboxylic acids is 2. The van der Waals surface area contributed by atoms with Crippen LogP contribution in [-0.2, 0) is 11.2 Å². The van der Waals surface area contributed by atoms with Crippen LogP contribution in [0.15, 0.2) is 72.0 Å². The van der Waals surface area contributed by atoms with Crippen molar-refractivity contribution in [2.75, 3.05) is 13.7 Å². The lowest BCUT2D eigenvalue weighted by molar-refractivity contribution is -0.135. The predicted molar refractivity (Wildman–Crippen MR) is 131 cm³/mol. The van der Waals surface area contributed by atoms with Crippen molar-refractivity contribution in [3.8, 4) is 23.0 Å². The molecule has 178 valence electrons. The van der Waals surface area contributed by atoms with E-state index in [2.05, 4.69) is 0 Å². The minimum Gasteiger partial charge on any atom is -0.497 e. The summed E-state index contributed by atoms with van der Waals surface area (Å²) >= 11 is 0. The molecule has 2 aliphatic rings. The highest BCUT2D eigenvalue weighted by Gasteiger charge is 2.38. The van der Waals surface area contributed by atoms with E-state index in [0.717, 1.165) is 34.6 Å². The highest BCUT2D eigenvalue weighted by Crippen LogP contribution is 2.49. The highest BCUT2D eigenvalue weighted by atomic mass is 16.5. The quantitative estimate of drug-likeness (QED) is 0.264. The summed E-state index contributed by atoms with van der Waals surface area (Å²) < 4.78 is 22.6. The van der Waals surface area contributed by atoms with E-state index < -0.39 is 0 Å². The number of rotatable bonds is 6. The van der Waals surface area contributed by atoms with Crippen LogP contribution in [0, 0.1) is 0 Å². The van der Waals surface area contributed by atoms with Gasteiger partial charge in [-0.05, 0) is 66.9 Å². The molecule has 6 nitrogen and oxygen atoms in total. The van der Waals surface area contributed by atoms with Gasteiger partial charge in [0.05, 0.1) is 25.7 Å².